The summed E-state index contributed by atoms with van der Waals surface area (Å²) in [6, 6.07) is 17.2. The third-order valence-corrected chi connectivity index (χ3v) is 9.23. The van der Waals surface area contributed by atoms with Crippen LogP contribution in [-0.4, -0.2) is 15.9 Å². The summed E-state index contributed by atoms with van der Waals surface area (Å²) in [5.41, 5.74) is 5.19. The Morgan fingerprint density at radius 2 is 1.57 bits per heavy atom. The van der Waals surface area contributed by atoms with E-state index < -0.39 is 0 Å². The Labute approximate surface area is 275 Å². The number of allylic oxidation sites excluding steroid dienone is 2. The molecule has 3 nitrogen and oxygen atoms in total. The first-order chi connectivity index (χ1) is 20.7. The van der Waals surface area contributed by atoms with Gasteiger partial charge in [-0.1, -0.05) is 78.4 Å². The van der Waals surface area contributed by atoms with Crippen molar-refractivity contribution >= 4 is 27.3 Å². The van der Waals surface area contributed by atoms with Gasteiger partial charge >= 0.3 is 0 Å². The van der Waals surface area contributed by atoms with E-state index in [0.717, 1.165) is 64.2 Å². The number of aliphatic hydroxyl groups is 1. The van der Waals surface area contributed by atoms with E-state index in [2.05, 4.69) is 50.0 Å². The van der Waals surface area contributed by atoms with Gasteiger partial charge in [0.1, 0.15) is 5.82 Å². The summed E-state index contributed by atoms with van der Waals surface area (Å²) < 4.78 is 14.8. The minimum atomic E-state index is -0.184. The molecule has 0 spiro atoms. The predicted octanol–water partition coefficient (Wildman–Crippen LogP) is 10.9. The summed E-state index contributed by atoms with van der Waals surface area (Å²) in [5, 5.41) is 13.4. The molecular weight excluding hydrogens is 726 g/mol. The van der Waals surface area contributed by atoms with Gasteiger partial charge in [-0.05, 0) is 77.2 Å². The van der Waals surface area contributed by atoms with Crippen molar-refractivity contribution in [3.05, 3.63) is 89.1 Å². The number of fused-ring (bicyclic) bond motifs is 3. The quantitative estimate of drug-likeness (QED) is 0.0952. The van der Waals surface area contributed by atoms with Crippen molar-refractivity contribution in [2.75, 3.05) is 0 Å². The van der Waals surface area contributed by atoms with E-state index in [0.29, 0.717) is 17.1 Å². The molecule has 3 aromatic carbocycles. The Bertz CT molecular complexity index is 1610. The van der Waals surface area contributed by atoms with Crippen molar-refractivity contribution in [1.82, 2.24) is 4.98 Å². The second-order valence-corrected chi connectivity index (χ2v) is 13.0. The van der Waals surface area contributed by atoms with Gasteiger partial charge in [0.05, 0.1) is 5.76 Å². The Morgan fingerprint density at radius 1 is 0.909 bits per heavy atom. The minimum absolute atomic E-state index is 0. The fourth-order valence-corrected chi connectivity index (χ4v) is 6.83. The van der Waals surface area contributed by atoms with Crippen LogP contribution in [-0.2, 0) is 24.9 Å². The number of rotatable bonds is 5. The van der Waals surface area contributed by atoms with E-state index >= 15 is 0 Å². The van der Waals surface area contributed by atoms with Gasteiger partial charge in [0.2, 0.25) is 0 Å². The van der Waals surface area contributed by atoms with E-state index in [1.807, 2.05) is 25.1 Å². The summed E-state index contributed by atoms with van der Waals surface area (Å²) in [5.74, 6) is 1.16. The SMILES string of the molecule is Cc1[c-]c(-c2nccc3cc(F)c4cc(C(C)C)ccc4c23)cc(C)c1.O=C(/C=C(\O)C1CCCCC1)C1CCCCC1.[Ir]. The first kappa shape index (κ1) is 34.0. The number of halogens is 1. The van der Waals surface area contributed by atoms with Crippen LogP contribution in [0.2, 0.25) is 0 Å². The van der Waals surface area contributed by atoms with Crippen LogP contribution in [0.25, 0.3) is 32.8 Å². The average molecular weight is 771 g/mol. The van der Waals surface area contributed by atoms with Gasteiger partial charge in [0, 0.05) is 49.6 Å². The first-order valence-electron chi connectivity index (χ1n) is 16.2. The van der Waals surface area contributed by atoms with Crippen LogP contribution in [0.1, 0.15) is 101 Å². The zero-order valence-corrected chi connectivity index (χ0v) is 28.9. The van der Waals surface area contributed by atoms with E-state index in [9.17, 15) is 14.3 Å². The number of hydrogen-bond acceptors (Lipinski definition) is 3. The van der Waals surface area contributed by atoms with Crippen LogP contribution in [0.4, 0.5) is 4.39 Å². The zero-order chi connectivity index (χ0) is 30.5. The second-order valence-electron chi connectivity index (χ2n) is 13.0. The molecule has 2 saturated carbocycles. The van der Waals surface area contributed by atoms with Crippen LogP contribution in [0.15, 0.2) is 60.5 Å². The van der Waals surface area contributed by atoms with Crippen LogP contribution in [0, 0.1) is 37.6 Å². The predicted molar refractivity (Wildman–Crippen MR) is 176 cm³/mol. The topological polar surface area (TPSA) is 50.2 Å². The maximum absolute atomic E-state index is 14.8. The monoisotopic (exact) mass is 771 g/mol. The van der Waals surface area contributed by atoms with Gasteiger partial charge in [0.15, 0.2) is 5.78 Å². The number of carbonyl (C=O) groups excluding carboxylic acids is 1. The molecule has 1 radical (unpaired) electrons. The molecule has 0 aliphatic heterocycles. The molecule has 0 atom stereocenters. The first-order valence-corrected chi connectivity index (χ1v) is 16.2. The summed E-state index contributed by atoms with van der Waals surface area (Å²) in [4.78, 5) is 16.7. The molecule has 2 aliphatic carbocycles. The molecule has 6 rings (SSSR count). The maximum atomic E-state index is 14.8. The van der Waals surface area contributed by atoms with Crippen molar-refractivity contribution in [3.63, 3.8) is 0 Å². The third kappa shape index (κ3) is 8.03. The van der Waals surface area contributed by atoms with Gasteiger partial charge < -0.3 is 10.1 Å². The number of aromatic nitrogens is 1. The standard InChI is InChI=1S/C24H21FN.C15H24O2.Ir/c1-14(2)17-5-6-20-21(12-17)22(25)13-18-7-8-26-24(23(18)20)19-10-15(3)9-16(4)11-19;16-14(12-7-3-1-4-8-12)11-15(17)13-9-5-2-6-10-13;/h5-10,12-14H,1-4H3;11-13,16H,1-10H2;/q-1;;/b;14-11-;. The zero-order valence-electron chi connectivity index (χ0n) is 26.5. The molecule has 1 N–H and O–H groups in total. The number of aliphatic hydroxyl groups excluding tert-OH is 1. The van der Waals surface area contributed by atoms with Crippen molar-refractivity contribution in [2.45, 2.75) is 97.8 Å². The van der Waals surface area contributed by atoms with Crippen LogP contribution in [0.5, 0.6) is 0 Å². The number of benzene rings is 3. The Morgan fingerprint density at radius 3 is 2.20 bits per heavy atom. The molecule has 4 aromatic rings. The molecule has 2 fully saturated rings. The Kier molecular flexibility index (Phi) is 11.9. The van der Waals surface area contributed by atoms with E-state index in [-0.39, 0.29) is 43.5 Å². The molecule has 0 bridgehead atoms. The van der Waals surface area contributed by atoms with Gasteiger partial charge in [-0.15, -0.1) is 34.9 Å². The number of aryl methyl sites for hydroxylation is 2. The van der Waals surface area contributed by atoms with E-state index in [1.54, 1.807) is 18.3 Å². The number of nitrogens with zero attached hydrogens (tertiary/aromatic N) is 1. The summed E-state index contributed by atoms with van der Waals surface area (Å²) in [6.45, 7) is 8.35. The van der Waals surface area contributed by atoms with Crippen molar-refractivity contribution in [3.8, 4) is 11.3 Å². The molecule has 0 unspecified atom stereocenters. The van der Waals surface area contributed by atoms with Crippen LogP contribution >= 0.6 is 0 Å². The van der Waals surface area contributed by atoms with Gasteiger partial charge in [-0.2, -0.15) is 0 Å². The van der Waals surface area contributed by atoms with Gasteiger partial charge in [-0.25, -0.2) is 4.39 Å². The molecule has 44 heavy (non-hydrogen) atoms. The Hall–Kier alpha value is -2.88. The number of hydrogen-bond donors (Lipinski definition) is 1. The molecule has 235 valence electrons. The van der Waals surface area contributed by atoms with Gasteiger partial charge in [0.25, 0.3) is 0 Å². The fourth-order valence-electron chi connectivity index (χ4n) is 6.83. The average Bonchev–Trinajstić information content (AvgIpc) is 3.01. The fraction of sp³-hybridized carbons (Fsp3) is 0.436. The molecular formula is C39H45FIrNO2-. The van der Waals surface area contributed by atoms with Crippen molar-refractivity contribution in [2.24, 2.45) is 11.8 Å². The number of ketones is 1. The largest absolute Gasteiger partial charge is 0.512 e. The normalized spacial score (nSPS) is 16.5. The molecule has 0 saturated heterocycles. The van der Waals surface area contributed by atoms with Gasteiger partial charge in [-0.3, -0.25) is 4.79 Å². The van der Waals surface area contributed by atoms with Crippen molar-refractivity contribution in [1.29, 1.82) is 0 Å². The van der Waals surface area contributed by atoms with E-state index in [1.165, 1.54) is 44.1 Å². The van der Waals surface area contributed by atoms with Crippen molar-refractivity contribution < 1.29 is 34.4 Å². The summed E-state index contributed by atoms with van der Waals surface area (Å²) in [6.07, 6.45) is 14.7. The molecule has 2 aliphatic rings. The molecule has 1 aromatic heterocycles. The second kappa shape index (κ2) is 15.4. The summed E-state index contributed by atoms with van der Waals surface area (Å²) in [7, 11) is 0. The summed E-state index contributed by atoms with van der Waals surface area (Å²) >= 11 is 0. The minimum Gasteiger partial charge on any atom is -0.512 e. The van der Waals surface area contributed by atoms with Crippen LogP contribution in [0.3, 0.4) is 0 Å². The van der Waals surface area contributed by atoms with E-state index in [4.69, 9.17) is 0 Å². The Balaban J connectivity index is 0.000000214. The molecule has 5 heteroatoms. The number of pyridine rings is 1. The third-order valence-electron chi connectivity index (χ3n) is 9.23. The smallest absolute Gasteiger partial charge is 0.162 e. The molecule has 0 amide bonds. The van der Waals surface area contributed by atoms with Crippen LogP contribution < -0.4 is 0 Å². The number of carbonyl (C=O) groups is 1. The maximum Gasteiger partial charge on any atom is 0.162 e. The molecule has 1 heterocycles.